The van der Waals surface area contributed by atoms with Crippen molar-refractivity contribution in [3.63, 3.8) is 0 Å². The monoisotopic (exact) mass is 406 g/mol. The fourth-order valence-electron chi connectivity index (χ4n) is 2.37. The summed E-state index contributed by atoms with van der Waals surface area (Å²) < 4.78 is 42.7. The molecule has 0 spiro atoms. The number of benzene rings is 2. The highest BCUT2D eigenvalue weighted by Crippen LogP contribution is 2.29. The van der Waals surface area contributed by atoms with Gasteiger partial charge in [-0.3, -0.25) is 9.59 Å². The third-order valence-corrected chi connectivity index (χ3v) is 4.04. The van der Waals surface area contributed by atoms with E-state index < -0.39 is 29.6 Å². The first-order chi connectivity index (χ1) is 13.7. The third-order valence-electron chi connectivity index (χ3n) is 4.04. The highest BCUT2D eigenvalue weighted by Gasteiger charge is 2.29. The second kappa shape index (κ2) is 9.77. The van der Waals surface area contributed by atoms with E-state index in [0.717, 1.165) is 17.7 Å². The first-order valence-electron chi connectivity index (χ1n) is 8.75. The molecule has 0 aliphatic rings. The summed E-state index contributed by atoms with van der Waals surface area (Å²) in [5.41, 5.74) is 0.557. The molecule has 0 aliphatic carbocycles. The van der Waals surface area contributed by atoms with E-state index in [4.69, 9.17) is 4.74 Å². The number of carbonyl (C=O) groups is 2. The van der Waals surface area contributed by atoms with Gasteiger partial charge in [0.15, 0.2) is 0 Å². The van der Waals surface area contributed by atoms with E-state index in [2.05, 4.69) is 10.6 Å². The molecular weight excluding hydrogens is 385 g/mol. The second-order valence-electron chi connectivity index (χ2n) is 6.25. The van der Waals surface area contributed by atoms with Crippen LogP contribution in [0.2, 0.25) is 0 Å². The smallest absolute Gasteiger partial charge is 0.416 e. The van der Waals surface area contributed by atoms with Crippen LogP contribution in [0.4, 0.5) is 13.2 Å². The lowest BCUT2D eigenvalue weighted by atomic mass is 10.1. The lowest BCUT2D eigenvalue weighted by Gasteiger charge is -2.13. The maximum atomic E-state index is 12.5. The van der Waals surface area contributed by atoms with Crippen molar-refractivity contribution in [1.29, 1.82) is 0 Å². The standard InChI is InChI=1S/C21H21F3N2O3/c1-14(26-19(27)12-7-15-5-10-18(29-2)11-6-15)20(28)25-13-16-3-8-17(9-4-16)21(22,23)24/h3-12,14H,13H2,1-2H3,(H,25,28)(H,26,27)/b12-7+/t14-/m0/s1. The third kappa shape index (κ3) is 6.99. The van der Waals surface area contributed by atoms with Gasteiger partial charge in [-0.25, -0.2) is 0 Å². The molecule has 2 aromatic carbocycles. The van der Waals surface area contributed by atoms with E-state index in [1.807, 2.05) is 0 Å². The van der Waals surface area contributed by atoms with Crippen LogP contribution < -0.4 is 15.4 Å². The largest absolute Gasteiger partial charge is 0.497 e. The van der Waals surface area contributed by atoms with Gasteiger partial charge in [-0.05, 0) is 48.4 Å². The van der Waals surface area contributed by atoms with Gasteiger partial charge in [0.1, 0.15) is 11.8 Å². The van der Waals surface area contributed by atoms with Crippen molar-refractivity contribution >= 4 is 17.9 Å². The van der Waals surface area contributed by atoms with E-state index in [9.17, 15) is 22.8 Å². The van der Waals surface area contributed by atoms with Crippen LogP contribution in [0.15, 0.2) is 54.6 Å². The van der Waals surface area contributed by atoms with Gasteiger partial charge >= 0.3 is 6.18 Å². The second-order valence-corrected chi connectivity index (χ2v) is 6.25. The first kappa shape index (κ1) is 22.0. The molecule has 2 N–H and O–H groups in total. The Balaban J connectivity index is 1.81. The quantitative estimate of drug-likeness (QED) is 0.691. The van der Waals surface area contributed by atoms with Crippen LogP contribution >= 0.6 is 0 Å². The zero-order valence-corrected chi connectivity index (χ0v) is 15.9. The molecule has 0 aliphatic heterocycles. The normalized spacial score (nSPS) is 12.4. The molecule has 2 aromatic rings. The minimum absolute atomic E-state index is 0.0544. The molecule has 0 aromatic heterocycles. The molecule has 5 nitrogen and oxygen atoms in total. The van der Waals surface area contributed by atoms with Gasteiger partial charge in [-0.15, -0.1) is 0 Å². The number of amides is 2. The van der Waals surface area contributed by atoms with Crippen molar-refractivity contribution in [2.24, 2.45) is 0 Å². The van der Waals surface area contributed by atoms with Gasteiger partial charge in [-0.2, -0.15) is 13.2 Å². The summed E-state index contributed by atoms with van der Waals surface area (Å²) in [7, 11) is 1.56. The van der Waals surface area contributed by atoms with Crippen LogP contribution in [0.3, 0.4) is 0 Å². The summed E-state index contributed by atoms with van der Waals surface area (Å²) in [5.74, 6) is -0.195. The van der Waals surface area contributed by atoms with E-state index >= 15 is 0 Å². The van der Waals surface area contributed by atoms with Crippen molar-refractivity contribution in [3.8, 4) is 5.75 Å². The molecule has 1 atom stereocenters. The summed E-state index contributed by atoms with van der Waals surface area (Å²) in [4.78, 5) is 24.0. The highest BCUT2D eigenvalue weighted by atomic mass is 19.4. The fraction of sp³-hybridized carbons (Fsp3) is 0.238. The number of carbonyl (C=O) groups excluding carboxylic acids is 2. The Morgan fingerprint density at radius 2 is 1.69 bits per heavy atom. The van der Waals surface area contributed by atoms with Crippen LogP contribution in [0, 0.1) is 0 Å². The van der Waals surface area contributed by atoms with E-state index in [1.54, 1.807) is 37.5 Å². The zero-order valence-electron chi connectivity index (χ0n) is 15.9. The molecule has 0 saturated carbocycles. The number of rotatable bonds is 7. The molecule has 8 heteroatoms. The average molecular weight is 406 g/mol. The van der Waals surface area contributed by atoms with Gasteiger partial charge < -0.3 is 15.4 Å². The van der Waals surface area contributed by atoms with Crippen LogP contribution in [0.5, 0.6) is 5.75 Å². The van der Waals surface area contributed by atoms with Crippen LogP contribution in [-0.4, -0.2) is 25.0 Å². The number of hydrogen-bond acceptors (Lipinski definition) is 3. The number of methoxy groups -OCH3 is 1. The van der Waals surface area contributed by atoms with E-state index in [-0.39, 0.29) is 6.54 Å². The number of hydrogen-bond donors (Lipinski definition) is 2. The zero-order chi connectivity index (χ0) is 21.4. The van der Waals surface area contributed by atoms with Gasteiger partial charge in [0, 0.05) is 12.6 Å². The van der Waals surface area contributed by atoms with Crippen LogP contribution in [-0.2, 0) is 22.3 Å². The molecule has 2 amide bonds. The molecule has 0 bridgehead atoms. The lowest BCUT2D eigenvalue weighted by molar-refractivity contribution is -0.137. The maximum absolute atomic E-state index is 12.5. The molecule has 29 heavy (non-hydrogen) atoms. The molecule has 0 unspecified atom stereocenters. The maximum Gasteiger partial charge on any atom is 0.416 e. The minimum atomic E-state index is -4.40. The Labute approximate surface area is 166 Å². The van der Waals surface area contributed by atoms with E-state index in [1.165, 1.54) is 25.1 Å². The van der Waals surface area contributed by atoms with Crippen molar-refractivity contribution < 1.29 is 27.5 Å². The number of halogens is 3. The average Bonchev–Trinajstić information content (AvgIpc) is 2.70. The molecule has 0 fully saturated rings. The summed E-state index contributed by atoms with van der Waals surface area (Å²) in [6.45, 7) is 1.57. The summed E-state index contributed by atoms with van der Waals surface area (Å²) in [5, 5.41) is 5.10. The van der Waals surface area contributed by atoms with Gasteiger partial charge in [0.25, 0.3) is 0 Å². The predicted octanol–water partition coefficient (Wildman–Crippen LogP) is 3.55. The minimum Gasteiger partial charge on any atom is -0.497 e. The molecule has 0 radical (unpaired) electrons. The summed E-state index contributed by atoms with van der Waals surface area (Å²) in [6.07, 6.45) is -1.50. The predicted molar refractivity (Wildman–Crippen MR) is 103 cm³/mol. The van der Waals surface area contributed by atoms with Crippen molar-refractivity contribution in [1.82, 2.24) is 10.6 Å². The number of ether oxygens (including phenoxy) is 1. The number of nitrogens with one attached hydrogen (secondary N) is 2. The highest BCUT2D eigenvalue weighted by molar-refractivity contribution is 5.95. The molecular formula is C21H21F3N2O3. The Morgan fingerprint density at radius 3 is 2.24 bits per heavy atom. The van der Waals surface area contributed by atoms with Crippen molar-refractivity contribution in [2.75, 3.05) is 7.11 Å². The van der Waals surface area contributed by atoms with Crippen molar-refractivity contribution in [2.45, 2.75) is 25.7 Å². The van der Waals surface area contributed by atoms with Gasteiger partial charge in [0.2, 0.25) is 11.8 Å². The van der Waals surface area contributed by atoms with Crippen molar-refractivity contribution in [3.05, 3.63) is 71.3 Å². The number of alkyl halides is 3. The summed E-state index contributed by atoms with van der Waals surface area (Å²) in [6, 6.07) is 10.8. The molecule has 2 rings (SSSR count). The van der Waals surface area contributed by atoms with E-state index in [0.29, 0.717) is 11.3 Å². The van der Waals surface area contributed by atoms with Crippen LogP contribution in [0.1, 0.15) is 23.6 Å². The Morgan fingerprint density at radius 1 is 1.07 bits per heavy atom. The Hall–Kier alpha value is -3.29. The Bertz CT molecular complexity index is 860. The Kier molecular flexibility index (Phi) is 7.41. The molecule has 0 heterocycles. The molecule has 0 saturated heterocycles. The van der Waals surface area contributed by atoms with Gasteiger partial charge in [-0.1, -0.05) is 24.3 Å². The fourth-order valence-corrected chi connectivity index (χ4v) is 2.37. The first-order valence-corrected chi connectivity index (χ1v) is 8.75. The van der Waals surface area contributed by atoms with Gasteiger partial charge in [0.05, 0.1) is 12.7 Å². The SMILES string of the molecule is COc1ccc(/C=C/C(=O)N[C@@H](C)C(=O)NCc2ccc(C(F)(F)F)cc2)cc1. The molecule has 154 valence electrons. The topological polar surface area (TPSA) is 67.4 Å². The lowest BCUT2D eigenvalue weighted by Crippen LogP contribution is -2.44. The summed E-state index contributed by atoms with van der Waals surface area (Å²) >= 11 is 0. The van der Waals surface area contributed by atoms with Crippen LogP contribution in [0.25, 0.3) is 6.08 Å².